The Hall–Kier alpha value is -1.40. The number of fused-ring (bicyclic) bond motifs is 3. The van der Waals surface area contributed by atoms with Crippen molar-refractivity contribution in [2.45, 2.75) is 32.9 Å². The lowest BCUT2D eigenvalue weighted by molar-refractivity contribution is 0.338. The molecule has 5 nitrogen and oxygen atoms in total. The zero-order valence-electron chi connectivity index (χ0n) is 11.6. The van der Waals surface area contributed by atoms with Crippen molar-refractivity contribution in [2.75, 3.05) is 12.3 Å². The molecule has 20 heavy (non-hydrogen) atoms. The highest BCUT2D eigenvalue weighted by molar-refractivity contribution is 7.89. The van der Waals surface area contributed by atoms with E-state index >= 15 is 0 Å². The molecule has 0 atom stereocenters. The van der Waals surface area contributed by atoms with Gasteiger partial charge in [-0.05, 0) is 18.6 Å². The SMILES string of the molecule is CCCCS(=O)(=O)N1CCn2c(nc3ccccc32)C1. The van der Waals surface area contributed by atoms with Crippen LogP contribution in [0, 0.1) is 0 Å². The number of para-hydroxylation sites is 2. The smallest absolute Gasteiger partial charge is 0.214 e. The first-order valence-corrected chi connectivity index (χ1v) is 8.64. The first kappa shape index (κ1) is 13.6. The van der Waals surface area contributed by atoms with Crippen molar-refractivity contribution in [3.05, 3.63) is 30.1 Å². The zero-order valence-corrected chi connectivity index (χ0v) is 12.4. The quantitative estimate of drug-likeness (QED) is 0.866. The summed E-state index contributed by atoms with van der Waals surface area (Å²) in [6.07, 6.45) is 1.61. The average molecular weight is 293 g/mol. The zero-order chi connectivity index (χ0) is 14.2. The molecular formula is C14H19N3O2S. The third kappa shape index (κ3) is 2.33. The van der Waals surface area contributed by atoms with Gasteiger partial charge in [0.25, 0.3) is 0 Å². The number of hydrogen-bond acceptors (Lipinski definition) is 3. The predicted molar refractivity (Wildman–Crippen MR) is 78.8 cm³/mol. The van der Waals surface area contributed by atoms with Gasteiger partial charge in [-0.25, -0.2) is 13.4 Å². The van der Waals surface area contributed by atoms with Crippen LogP contribution in [0.2, 0.25) is 0 Å². The molecule has 0 aliphatic carbocycles. The molecule has 0 amide bonds. The summed E-state index contributed by atoms with van der Waals surface area (Å²) in [4.78, 5) is 4.55. The molecule has 1 aliphatic rings. The third-order valence-corrected chi connectivity index (χ3v) is 5.68. The summed E-state index contributed by atoms with van der Waals surface area (Å²) in [6.45, 7) is 3.62. The van der Waals surface area contributed by atoms with Crippen LogP contribution in [0.4, 0.5) is 0 Å². The van der Waals surface area contributed by atoms with Crippen LogP contribution in [0.5, 0.6) is 0 Å². The number of unbranched alkanes of at least 4 members (excludes halogenated alkanes) is 1. The Kier molecular flexibility index (Phi) is 3.52. The van der Waals surface area contributed by atoms with Gasteiger partial charge in [0.1, 0.15) is 5.82 Å². The lowest BCUT2D eigenvalue weighted by atomic mass is 10.3. The van der Waals surface area contributed by atoms with E-state index in [0.29, 0.717) is 19.6 Å². The van der Waals surface area contributed by atoms with Crippen LogP contribution in [0.3, 0.4) is 0 Å². The van der Waals surface area contributed by atoms with Crippen LogP contribution in [0.25, 0.3) is 11.0 Å². The van der Waals surface area contributed by atoms with Gasteiger partial charge in [0.05, 0.1) is 23.3 Å². The molecule has 0 radical (unpaired) electrons. The van der Waals surface area contributed by atoms with Crippen molar-refractivity contribution in [1.82, 2.24) is 13.9 Å². The molecule has 0 saturated heterocycles. The molecule has 108 valence electrons. The molecule has 6 heteroatoms. The number of rotatable bonds is 4. The summed E-state index contributed by atoms with van der Waals surface area (Å²) < 4.78 is 28.2. The van der Waals surface area contributed by atoms with Gasteiger partial charge >= 0.3 is 0 Å². The van der Waals surface area contributed by atoms with Gasteiger partial charge in [0.15, 0.2) is 0 Å². The molecular weight excluding hydrogens is 274 g/mol. The fraction of sp³-hybridized carbons (Fsp3) is 0.500. The van der Waals surface area contributed by atoms with Gasteiger partial charge < -0.3 is 4.57 Å². The number of hydrogen-bond donors (Lipinski definition) is 0. The minimum atomic E-state index is -3.15. The van der Waals surface area contributed by atoms with Crippen LogP contribution < -0.4 is 0 Å². The van der Waals surface area contributed by atoms with Crippen molar-refractivity contribution in [3.8, 4) is 0 Å². The van der Waals surface area contributed by atoms with Crippen LogP contribution >= 0.6 is 0 Å². The first-order chi connectivity index (χ1) is 9.62. The third-order valence-electron chi connectivity index (χ3n) is 3.77. The number of benzene rings is 1. The second-order valence-corrected chi connectivity index (χ2v) is 7.26. The summed E-state index contributed by atoms with van der Waals surface area (Å²) in [5.74, 6) is 1.08. The molecule has 0 bridgehead atoms. The molecule has 1 aliphatic heterocycles. The van der Waals surface area contributed by atoms with E-state index in [4.69, 9.17) is 0 Å². The van der Waals surface area contributed by atoms with Gasteiger partial charge in [-0.1, -0.05) is 25.5 Å². The minimum absolute atomic E-state index is 0.240. The summed E-state index contributed by atoms with van der Waals surface area (Å²) in [6, 6.07) is 7.95. The maximum absolute atomic E-state index is 12.3. The maximum Gasteiger partial charge on any atom is 0.214 e. The number of imidazole rings is 1. The number of nitrogens with zero attached hydrogens (tertiary/aromatic N) is 3. The normalized spacial score (nSPS) is 16.4. The highest BCUT2D eigenvalue weighted by Gasteiger charge is 2.27. The van der Waals surface area contributed by atoms with E-state index in [1.807, 2.05) is 31.2 Å². The van der Waals surface area contributed by atoms with Crippen LogP contribution in [0.15, 0.2) is 24.3 Å². The van der Waals surface area contributed by atoms with E-state index < -0.39 is 10.0 Å². The summed E-state index contributed by atoms with van der Waals surface area (Å²) >= 11 is 0. The molecule has 1 aromatic heterocycles. The monoisotopic (exact) mass is 293 g/mol. The topological polar surface area (TPSA) is 55.2 Å². The lowest BCUT2D eigenvalue weighted by Gasteiger charge is -2.27. The van der Waals surface area contributed by atoms with E-state index in [-0.39, 0.29) is 5.75 Å². The standard InChI is InChI=1S/C14H19N3O2S/c1-2-3-10-20(18,19)16-8-9-17-13-7-5-4-6-12(13)15-14(17)11-16/h4-7H,2-3,8-11H2,1H3. The second kappa shape index (κ2) is 5.18. The second-order valence-electron chi connectivity index (χ2n) is 5.17. The molecule has 1 aromatic carbocycles. The number of sulfonamides is 1. The largest absolute Gasteiger partial charge is 0.326 e. The van der Waals surface area contributed by atoms with E-state index in [1.54, 1.807) is 4.31 Å². The molecule has 3 rings (SSSR count). The Morgan fingerprint density at radius 1 is 1.25 bits per heavy atom. The van der Waals surface area contributed by atoms with Gasteiger partial charge in [0, 0.05) is 13.1 Å². The summed E-state index contributed by atoms with van der Waals surface area (Å²) in [5, 5.41) is 0. The van der Waals surface area contributed by atoms with Crippen molar-refractivity contribution >= 4 is 21.1 Å². The molecule has 0 fully saturated rings. The minimum Gasteiger partial charge on any atom is -0.326 e. The Labute approximate surface area is 119 Å². The van der Waals surface area contributed by atoms with Gasteiger partial charge in [-0.3, -0.25) is 0 Å². The van der Waals surface area contributed by atoms with E-state index in [1.165, 1.54) is 0 Å². The van der Waals surface area contributed by atoms with E-state index in [9.17, 15) is 8.42 Å². The molecule has 0 saturated carbocycles. The Morgan fingerprint density at radius 2 is 2.05 bits per heavy atom. The van der Waals surface area contributed by atoms with Gasteiger partial charge in [-0.15, -0.1) is 0 Å². The van der Waals surface area contributed by atoms with Crippen molar-refractivity contribution < 1.29 is 8.42 Å². The van der Waals surface area contributed by atoms with Crippen LogP contribution in [-0.2, 0) is 23.1 Å². The van der Waals surface area contributed by atoms with Crippen molar-refractivity contribution in [2.24, 2.45) is 0 Å². The number of aromatic nitrogens is 2. The van der Waals surface area contributed by atoms with E-state index in [0.717, 1.165) is 29.7 Å². The molecule has 2 aromatic rings. The molecule has 0 N–H and O–H groups in total. The maximum atomic E-state index is 12.3. The predicted octanol–water partition coefficient (Wildman–Crippen LogP) is 1.98. The lowest BCUT2D eigenvalue weighted by Crippen LogP contribution is -2.39. The highest BCUT2D eigenvalue weighted by Crippen LogP contribution is 2.22. The van der Waals surface area contributed by atoms with Gasteiger partial charge in [0.2, 0.25) is 10.0 Å². The average Bonchev–Trinajstić information content (AvgIpc) is 2.83. The van der Waals surface area contributed by atoms with E-state index in [2.05, 4.69) is 9.55 Å². The van der Waals surface area contributed by atoms with Crippen LogP contribution in [-0.4, -0.2) is 34.6 Å². The summed E-state index contributed by atoms with van der Waals surface area (Å²) in [5.41, 5.74) is 2.03. The van der Waals surface area contributed by atoms with Crippen LogP contribution in [0.1, 0.15) is 25.6 Å². The summed E-state index contributed by atoms with van der Waals surface area (Å²) in [7, 11) is -3.15. The molecule has 0 spiro atoms. The van der Waals surface area contributed by atoms with Crippen molar-refractivity contribution in [3.63, 3.8) is 0 Å². The Morgan fingerprint density at radius 3 is 2.85 bits per heavy atom. The fourth-order valence-electron chi connectivity index (χ4n) is 2.64. The molecule has 0 unspecified atom stereocenters. The Balaban J connectivity index is 1.89. The fourth-order valence-corrected chi connectivity index (χ4v) is 4.22. The van der Waals surface area contributed by atoms with Gasteiger partial charge in [-0.2, -0.15) is 4.31 Å². The highest BCUT2D eigenvalue weighted by atomic mass is 32.2. The molecule has 2 heterocycles. The Bertz CT molecular complexity index is 721. The van der Waals surface area contributed by atoms with Crippen molar-refractivity contribution in [1.29, 1.82) is 0 Å². The first-order valence-electron chi connectivity index (χ1n) is 7.04.